The van der Waals surface area contributed by atoms with Crippen molar-refractivity contribution in [3.63, 3.8) is 0 Å². The van der Waals surface area contributed by atoms with Gasteiger partial charge in [-0.15, -0.1) is 0 Å². The van der Waals surface area contributed by atoms with Crippen molar-refractivity contribution in [1.82, 2.24) is 0 Å². The van der Waals surface area contributed by atoms with Crippen LogP contribution in [0.25, 0.3) is 0 Å². The molecule has 1 amide bonds. The number of carbonyl (C=O) groups is 1. The van der Waals surface area contributed by atoms with Crippen molar-refractivity contribution in [2.45, 2.75) is 25.7 Å². The number of hydrogen-bond donors (Lipinski definition) is 1. The Morgan fingerprint density at radius 2 is 2.04 bits per heavy atom. The maximum absolute atomic E-state index is 12.8. The normalized spacial score (nSPS) is 13.3. The van der Waals surface area contributed by atoms with Gasteiger partial charge >= 0.3 is 0 Å². The van der Waals surface area contributed by atoms with Gasteiger partial charge in [0.2, 0.25) is 5.91 Å². The zero-order valence-corrected chi connectivity index (χ0v) is 14.7. The van der Waals surface area contributed by atoms with Gasteiger partial charge < -0.3 is 20.1 Å². The molecule has 1 aliphatic rings. The predicted molar refractivity (Wildman–Crippen MR) is 99.4 cm³/mol. The summed E-state index contributed by atoms with van der Waals surface area (Å²) in [5.41, 5.74) is 9.85. The Labute approximate surface area is 148 Å². The lowest BCUT2D eigenvalue weighted by Crippen LogP contribution is -2.35. The Balaban J connectivity index is 1.75. The average Bonchev–Trinajstić information content (AvgIpc) is 2.65. The highest BCUT2D eigenvalue weighted by atomic mass is 16.5. The Kier molecular flexibility index (Phi) is 5.12. The first kappa shape index (κ1) is 17.1. The van der Waals surface area contributed by atoms with Crippen molar-refractivity contribution in [3.8, 4) is 11.5 Å². The number of rotatable bonds is 5. The van der Waals surface area contributed by atoms with Crippen molar-refractivity contribution >= 4 is 17.3 Å². The molecule has 0 unspecified atom stereocenters. The molecule has 132 valence electrons. The molecule has 1 aliphatic heterocycles. The first-order valence-electron chi connectivity index (χ1n) is 8.52. The van der Waals surface area contributed by atoms with Gasteiger partial charge in [0.15, 0.2) is 0 Å². The van der Waals surface area contributed by atoms with Crippen LogP contribution in [0, 0.1) is 0 Å². The Morgan fingerprint density at radius 1 is 1.20 bits per heavy atom. The SMILES string of the molecule is COc1ccc(OC)c(CCC(=O)N2CCCc3c(N)cccc32)c1. The standard InChI is InChI=1S/C20H24N2O3/c1-24-15-9-10-19(25-2)14(13-15)8-11-20(23)22-12-4-5-16-17(21)6-3-7-18(16)22/h3,6-7,9-10,13H,4-5,8,11-12,21H2,1-2H3. The van der Waals surface area contributed by atoms with Crippen LogP contribution in [0.5, 0.6) is 11.5 Å². The van der Waals surface area contributed by atoms with Crippen molar-refractivity contribution in [2.24, 2.45) is 0 Å². The van der Waals surface area contributed by atoms with Crippen molar-refractivity contribution in [3.05, 3.63) is 47.5 Å². The summed E-state index contributed by atoms with van der Waals surface area (Å²) in [5, 5.41) is 0. The average molecular weight is 340 g/mol. The molecule has 0 fully saturated rings. The number of methoxy groups -OCH3 is 2. The van der Waals surface area contributed by atoms with E-state index in [4.69, 9.17) is 15.2 Å². The van der Waals surface area contributed by atoms with Crippen LogP contribution in [0.2, 0.25) is 0 Å². The van der Waals surface area contributed by atoms with Crippen molar-refractivity contribution in [1.29, 1.82) is 0 Å². The molecular formula is C20H24N2O3. The van der Waals surface area contributed by atoms with Crippen LogP contribution in [-0.4, -0.2) is 26.7 Å². The summed E-state index contributed by atoms with van der Waals surface area (Å²) in [6.45, 7) is 0.741. The third-order valence-electron chi connectivity index (χ3n) is 4.68. The van der Waals surface area contributed by atoms with E-state index in [1.807, 2.05) is 41.3 Å². The van der Waals surface area contributed by atoms with Gasteiger partial charge in [0.1, 0.15) is 11.5 Å². The molecule has 0 aliphatic carbocycles. The lowest BCUT2D eigenvalue weighted by Gasteiger charge is -2.30. The highest BCUT2D eigenvalue weighted by Crippen LogP contribution is 2.32. The summed E-state index contributed by atoms with van der Waals surface area (Å²) in [6.07, 6.45) is 2.88. The number of fused-ring (bicyclic) bond motifs is 1. The van der Waals surface area contributed by atoms with Gasteiger partial charge in [-0.25, -0.2) is 0 Å². The van der Waals surface area contributed by atoms with E-state index in [1.54, 1.807) is 14.2 Å². The molecule has 0 atom stereocenters. The minimum absolute atomic E-state index is 0.108. The Morgan fingerprint density at radius 3 is 2.80 bits per heavy atom. The zero-order chi connectivity index (χ0) is 17.8. The van der Waals surface area contributed by atoms with Gasteiger partial charge in [0, 0.05) is 24.3 Å². The quantitative estimate of drug-likeness (QED) is 0.849. The second-order valence-electron chi connectivity index (χ2n) is 6.17. The molecule has 0 saturated heterocycles. The molecule has 5 heteroatoms. The molecule has 3 rings (SSSR count). The first-order chi connectivity index (χ1) is 12.1. The molecule has 0 radical (unpaired) electrons. The molecule has 0 saturated carbocycles. The Bertz CT molecular complexity index is 774. The number of ether oxygens (including phenoxy) is 2. The van der Waals surface area contributed by atoms with E-state index in [1.165, 1.54) is 0 Å². The van der Waals surface area contributed by atoms with E-state index >= 15 is 0 Å². The number of nitrogens with zero attached hydrogens (tertiary/aromatic N) is 1. The molecule has 0 aromatic heterocycles. The maximum Gasteiger partial charge on any atom is 0.227 e. The van der Waals surface area contributed by atoms with E-state index in [-0.39, 0.29) is 5.91 Å². The number of hydrogen-bond acceptors (Lipinski definition) is 4. The predicted octanol–water partition coefficient (Wildman–Crippen LogP) is 3.20. The number of anilines is 2. The fourth-order valence-electron chi connectivity index (χ4n) is 3.36. The van der Waals surface area contributed by atoms with Crippen molar-refractivity contribution < 1.29 is 14.3 Å². The largest absolute Gasteiger partial charge is 0.497 e. The summed E-state index contributed by atoms with van der Waals surface area (Å²) in [5.74, 6) is 1.65. The van der Waals surface area contributed by atoms with Crippen LogP contribution in [0.15, 0.2) is 36.4 Å². The molecule has 5 nitrogen and oxygen atoms in total. The molecule has 2 aromatic carbocycles. The monoisotopic (exact) mass is 340 g/mol. The molecule has 2 N–H and O–H groups in total. The number of aryl methyl sites for hydroxylation is 1. The summed E-state index contributed by atoms with van der Waals surface area (Å²) < 4.78 is 10.7. The van der Waals surface area contributed by atoms with Crippen LogP contribution in [0.1, 0.15) is 24.0 Å². The second-order valence-corrected chi connectivity index (χ2v) is 6.17. The van der Waals surface area contributed by atoms with E-state index < -0.39 is 0 Å². The van der Waals surface area contributed by atoms with Gasteiger partial charge in [-0.2, -0.15) is 0 Å². The summed E-state index contributed by atoms with van der Waals surface area (Å²) in [7, 11) is 3.27. The summed E-state index contributed by atoms with van der Waals surface area (Å²) in [4.78, 5) is 14.7. The lowest BCUT2D eigenvalue weighted by molar-refractivity contribution is -0.118. The fourth-order valence-corrected chi connectivity index (χ4v) is 3.36. The smallest absolute Gasteiger partial charge is 0.227 e. The topological polar surface area (TPSA) is 64.8 Å². The molecule has 0 bridgehead atoms. The van der Waals surface area contributed by atoms with E-state index in [2.05, 4.69) is 0 Å². The highest BCUT2D eigenvalue weighted by molar-refractivity contribution is 5.95. The van der Waals surface area contributed by atoms with E-state index in [0.29, 0.717) is 12.8 Å². The van der Waals surface area contributed by atoms with Crippen molar-refractivity contribution in [2.75, 3.05) is 31.4 Å². The van der Waals surface area contributed by atoms with Gasteiger partial charge in [0.25, 0.3) is 0 Å². The van der Waals surface area contributed by atoms with Crippen LogP contribution in [-0.2, 0) is 17.6 Å². The summed E-state index contributed by atoms with van der Waals surface area (Å²) in [6, 6.07) is 11.4. The number of carbonyl (C=O) groups excluding carboxylic acids is 1. The van der Waals surface area contributed by atoms with Gasteiger partial charge in [-0.3, -0.25) is 4.79 Å². The van der Waals surface area contributed by atoms with E-state index in [9.17, 15) is 4.79 Å². The van der Waals surface area contributed by atoms with E-state index in [0.717, 1.165) is 53.4 Å². The van der Waals surface area contributed by atoms with Gasteiger partial charge in [-0.05, 0) is 60.7 Å². The third kappa shape index (κ3) is 3.55. The van der Waals surface area contributed by atoms with Crippen LogP contribution >= 0.6 is 0 Å². The Hall–Kier alpha value is -2.69. The van der Waals surface area contributed by atoms with Gasteiger partial charge in [-0.1, -0.05) is 6.07 Å². The number of nitrogens with two attached hydrogens (primary N) is 1. The lowest BCUT2D eigenvalue weighted by atomic mass is 9.99. The molecular weight excluding hydrogens is 316 g/mol. The van der Waals surface area contributed by atoms with Crippen LogP contribution < -0.4 is 20.1 Å². The minimum Gasteiger partial charge on any atom is -0.497 e. The molecule has 25 heavy (non-hydrogen) atoms. The maximum atomic E-state index is 12.8. The van der Waals surface area contributed by atoms with Crippen LogP contribution in [0.3, 0.4) is 0 Å². The molecule has 1 heterocycles. The van der Waals surface area contributed by atoms with Gasteiger partial charge in [0.05, 0.1) is 14.2 Å². The number of amides is 1. The molecule has 0 spiro atoms. The summed E-state index contributed by atoms with van der Waals surface area (Å²) >= 11 is 0. The fraction of sp³-hybridized carbons (Fsp3) is 0.350. The molecule has 2 aromatic rings. The highest BCUT2D eigenvalue weighted by Gasteiger charge is 2.23. The number of nitrogen functional groups attached to an aromatic ring is 1. The third-order valence-corrected chi connectivity index (χ3v) is 4.68. The minimum atomic E-state index is 0.108. The first-order valence-corrected chi connectivity index (χ1v) is 8.52. The zero-order valence-electron chi connectivity index (χ0n) is 14.7. The second kappa shape index (κ2) is 7.47. The van der Waals surface area contributed by atoms with Crippen LogP contribution in [0.4, 0.5) is 11.4 Å². The number of benzene rings is 2.